The number of rotatable bonds is 6. The molecule has 19 heavy (non-hydrogen) atoms. The molecule has 0 aromatic heterocycles. The zero-order chi connectivity index (χ0) is 14.5. The fraction of sp³-hybridized carbons (Fsp3) is 0.800. The Kier molecular flexibility index (Phi) is 6.40. The second-order valence-electron chi connectivity index (χ2n) is 5.79. The number of nitrogens with two attached hydrogens (primary N) is 1. The van der Waals surface area contributed by atoms with E-state index in [1.165, 1.54) is 18.4 Å². The van der Waals surface area contributed by atoms with Gasteiger partial charge in [0.1, 0.15) is 6.04 Å². The molecule has 0 heterocycles. The third-order valence-corrected chi connectivity index (χ3v) is 5.45. The summed E-state index contributed by atoms with van der Waals surface area (Å²) in [6, 6.07) is -0.509. The quantitative estimate of drug-likeness (QED) is 0.602. The first-order valence-electron chi connectivity index (χ1n) is 7.08. The molecule has 1 rings (SSSR count). The molecule has 3 nitrogen and oxygen atoms in total. The molecule has 0 radical (unpaired) electrons. The molecular weight excluding hydrogens is 258 g/mol. The van der Waals surface area contributed by atoms with Crippen molar-refractivity contribution in [1.82, 2.24) is 0 Å². The largest absolute Gasteiger partial charge is 0.465 e. The minimum Gasteiger partial charge on any atom is -0.465 e. The lowest BCUT2D eigenvalue weighted by atomic mass is 9.82. The van der Waals surface area contributed by atoms with Gasteiger partial charge in [0.05, 0.1) is 6.61 Å². The van der Waals surface area contributed by atoms with Crippen LogP contribution in [0.4, 0.5) is 0 Å². The molecule has 0 aromatic rings. The van der Waals surface area contributed by atoms with Gasteiger partial charge in [-0.1, -0.05) is 25.5 Å². The number of ether oxygens (including phenoxy) is 1. The van der Waals surface area contributed by atoms with Crippen molar-refractivity contribution in [3.05, 3.63) is 11.6 Å². The van der Waals surface area contributed by atoms with E-state index >= 15 is 0 Å². The standard InChI is InChI=1S/C15H27NO2S/c1-5-18-14(17)13(16)10-19-15(3,4)12-8-6-11(2)7-9-12/h6,12-13H,5,7-10,16H2,1-4H3. The lowest BCUT2D eigenvalue weighted by Gasteiger charge is -2.36. The zero-order valence-electron chi connectivity index (χ0n) is 12.6. The summed E-state index contributed by atoms with van der Waals surface area (Å²) in [5, 5.41) is 0. The first kappa shape index (κ1) is 16.6. The van der Waals surface area contributed by atoms with Crippen molar-refractivity contribution in [2.75, 3.05) is 12.4 Å². The highest BCUT2D eigenvalue weighted by atomic mass is 32.2. The summed E-state index contributed by atoms with van der Waals surface area (Å²) in [6.45, 7) is 8.92. The van der Waals surface area contributed by atoms with Crippen LogP contribution in [0.15, 0.2) is 11.6 Å². The van der Waals surface area contributed by atoms with Crippen LogP contribution in [-0.2, 0) is 9.53 Å². The Morgan fingerprint density at radius 3 is 2.84 bits per heavy atom. The topological polar surface area (TPSA) is 52.3 Å². The molecule has 110 valence electrons. The van der Waals surface area contributed by atoms with Crippen molar-refractivity contribution in [2.45, 2.75) is 57.7 Å². The van der Waals surface area contributed by atoms with Gasteiger partial charge in [-0.3, -0.25) is 4.79 Å². The van der Waals surface area contributed by atoms with Crippen molar-refractivity contribution < 1.29 is 9.53 Å². The molecular formula is C15H27NO2S. The average molecular weight is 285 g/mol. The zero-order valence-corrected chi connectivity index (χ0v) is 13.4. The maximum absolute atomic E-state index is 11.5. The number of allylic oxidation sites excluding steroid dienone is 2. The number of hydrogen-bond donors (Lipinski definition) is 1. The van der Waals surface area contributed by atoms with E-state index in [0.717, 1.165) is 6.42 Å². The van der Waals surface area contributed by atoms with E-state index < -0.39 is 6.04 Å². The molecule has 0 bridgehead atoms. The monoisotopic (exact) mass is 285 g/mol. The highest BCUT2D eigenvalue weighted by Crippen LogP contribution is 2.40. The molecule has 1 aliphatic rings. The highest BCUT2D eigenvalue weighted by Gasteiger charge is 2.31. The number of carbonyl (C=O) groups excluding carboxylic acids is 1. The minimum absolute atomic E-state index is 0.154. The smallest absolute Gasteiger partial charge is 0.323 e. The summed E-state index contributed by atoms with van der Waals surface area (Å²) in [5.74, 6) is 1.01. The molecule has 0 aromatic carbocycles. The third kappa shape index (κ3) is 5.19. The lowest BCUT2D eigenvalue weighted by Crippen LogP contribution is -2.38. The van der Waals surface area contributed by atoms with E-state index in [4.69, 9.17) is 10.5 Å². The predicted molar refractivity (Wildman–Crippen MR) is 82.2 cm³/mol. The van der Waals surface area contributed by atoms with Crippen molar-refractivity contribution in [3.8, 4) is 0 Å². The molecule has 0 saturated heterocycles. The van der Waals surface area contributed by atoms with Gasteiger partial charge >= 0.3 is 5.97 Å². The lowest BCUT2D eigenvalue weighted by molar-refractivity contribution is -0.144. The fourth-order valence-electron chi connectivity index (χ4n) is 2.34. The van der Waals surface area contributed by atoms with Crippen LogP contribution in [-0.4, -0.2) is 29.1 Å². The fourth-order valence-corrected chi connectivity index (χ4v) is 3.53. The van der Waals surface area contributed by atoms with E-state index in [0.29, 0.717) is 18.3 Å². The van der Waals surface area contributed by atoms with Crippen LogP contribution in [0.2, 0.25) is 0 Å². The second kappa shape index (κ2) is 7.34. The molecule has 0 fully saturated rings. The Hall–Kier alpha value is -0.480. The van der Waals surface area contributed by atoms with Crippen molar-refractivity contribution in [2.24, 2.45) is 11.7 Å². The Balaban J connectivity index is 2.44. The van der Waals surface area contributed by atoms with Gasteiger partial charge in [-0.15, -0.1) is 0 Å². The van der Waals surface area contributed by atoms with Gasteiger partial charge in [-0.05, 0) is 39.0 Å². The first-order valence-corrected chi connectivity index (χ1v) is 8.07. The van der Waals surface area contributed by atoms with Crippen LogP contribution in [0.5, 0.6) is 0 Å². The first-order chi connectivity index (χ1) is 8.86. The van der Waals surface area contributed by atoms with Crippen LogP contribution >= 0.6 is 11.8 Å². The number of hydrogen-bond acceptors (Lipinski definition) is 4. The average Bonchev–Trinajstić information content (AvgIpc) is 2.37. The van der Waals surface area contributed by atoms with Gasteiger partial charge in [0.2, 0.25) is 0 Å². The number of thioether (sulfide) groups is 1. The van der Waals surface area contributed by atoms with E-state index in [9.17, 15) is 4.79 Å². The van der Waals surface area contributed by atoms with Crippen LogP contribution in [0, 0.1) is 5.92 Å². The van der Waals surface area contributed by atoms with E-state index in [2.05, 4.69) is 26.8 Å². The van der Waals surface area contributed by atoms with E-state index in [-0.39, 0.29) is 10.7 Å². The second-order valence-corrected chi connectivity index (χ2v) is 7.47. The van der Waals surface area contributed by atoms with Crippen LogP contribution in [0.25, 0.3) is 0 Å². The predicted octanol–water partition coefficient (Wildman–Crippen LogP) is 3.14. The SMILES string of the molecule is CCOC(=O)C(N)CSC(C)(C)C1CC=C(C)CC1. The molecule has 0 saturated carbocycles. The number of esters is 1. The van der Waals surface area contributed by atoms with E-state index in [1.54, 1.807) is 18.7 Å². The van der Waals surface area contributed by atoms with Gasteiger partial charge in [-0.2, -0.15) is 11.8 Å². The Morgan fingerprint density at radius 1 is 1.63 bits per heavy atom. The summed E-state index contributed by atoms with van der Waals surface area (Å²) in [6.07, 6.45) is 5.91. The Bertz CT molecular complexity index is 339. The van der Waals surface area contributed by atoms with Gasteiger partial charge < -0.3 is 10.5 Å². The molecule has 2 N–H and O–H groups in total. The maximum atomic E-state index is 11.5. The van der Waals surface area contributed by atoms with Crippen molar-refractivity contribution in [1.29, 1.82) is 0 Å². The van der Waals surface area contributed by atoms with Crippen LogP contribution < -0.4 is 5.73 Å². The van der Waals surface area contributed by atoms with Gasteiger partial charge in [0, 0.05) is 10.5 Å². The summed E-state index contributed by atoms with van der Waals surface area (Å²) in [4.78, 5) is 11.5. The van der Waals surface area contributed by atoms with Crippen LogP contribution in [0.3, 0.4) is 0 Å². The third-order valence-electron chi connectivity index (χ3n) is 3.85. The highest BCUT2D eigenvalue weighted by molar-refractivity contribution is 8.00. The molecule has 0 aliphatic heterocycles. The summed E-state index contributed by atoms with van der Waals surface area (Å²) < 4.78 is 5.10. The van der Waals surface area contributed by atoms with Crippen molar-refractivity contribution in [3.63, 3.8) is 0 Å². The van der Waals surface area contributed by atoms with Crippen molar-refractivity contribution >= 4 is 17.7 Å². The molecule has 0 spiro atoms. The van der Waals surface area contributed by atoms with Crippen LogP contribution in [0.1, 0.15) is 47.0 Å². The molecule has 2 atom stereocenters. The summed E-state index contributed by atoms with van der Waals surface area (Å²) in [7, 11) is 0. The maximum Gasteiger partial charge on any atom is 0.323 e. The van der Waals surface area contributed by atoms with Gasteiger partial charge in [0.15, 0.2) is 0 Å². The molecule has 0 amide bonds. The molecule has 2 unspecified atom stereocenters. The normalized spacial score (nSPS) is 21.7. The number of carbonyl (C=O) groups is 1. The molecule has 1 aliphatic carbocycles. The Morgan fingerprint density at radius 2 is 2.32 bits per heavy atom. The molecule has 4 heteroatoms. The van der Waals surface area contributed by atoms with Gasteiger partial charge in [-0.25, -0.2) is 0 Å². The Labute approximate surface area is 121 Å². The van der Waals surface area contributed by atoms with E-state index in [1.807, 2.05) is 0 Å². The summed E-state index contributed by atoms with van der Waals surface area (Å²) in [5.41, 5.74) is 7.36. The minimum atomic E-state index is -0.509. The summed E-state index contributed by atoms with van der Waals surface area (Å²) >= 11 is 1.79. The van der Waals surface area contributed by atoms with Gasteiger partial charge in [0.25, 0.3) is 0 Å².